The van der Waals surface area contributed by atoms with Crippen LogP contribution in [-0.2, 0) is 16.8 Å². The Labute approximate surface area is 184 Å². The van der Waals surface area contributed by atoms with Gasteiger partial charge in [0.2, 0.25) is 5.91 Å². The molecule has 168 valence electrons. The van der Waals surface area contributed by atoms with Crippen molar-refractivity contribution in [2.75, 3.05) is 40.8 Å². The number of carbonyl (C=O) groups is 1. The first kappa shape index (κ1) is 19.1. The Morgan fingerprint density at radius 3 is 2.74 bits per heavy atom. The number of benzene rings is 2. The van der Waals surface area contributed by atoms with Gasteiger partial charge in [0.15, 0.2) is 11.6 Å². The molecule has 0 bridgehead atoms. The molecule has 2 atom stereocenters. The number of likely N-dealkylation sites (tertiary alicyclic amines) is 1. The molecule has 2 aromatic rings. The lowest BCUT2D eigenvalue weighted by Gasteiger charge is -2.46. The van der Waals surface area contributed by atoms with Crippen LogP contribution in [0.3, 0.4) is 0 Å². The summed E-state index contributed by atoms with van der Waals surface area (Å²) in [5.41, 5.74) is -1.22. The molecule has 0 aliphatic carbocycles. The lowest BCUT2D eigenvalue weighted by Crippen LogP contribution is -2.54. The van der Waals surface area contributed by atoms with Crippen LogP contribution >= 0.6 is 0 Å². The molecule has 0 aromatic heterocycles. The highest BCUT2D eigenvalue weighted by Gasteiger charge is 2.44. The van der Waals surface area contributed by atoms with Crippen LogP contribution in [0.5, 0.6) is 5.75 Å². The van der Waals surface area contributed by atoms with E-state index in [1.807, 2.05) is 0 Å². The first-order chi connectivity index (χ1) is 15.8. The average Bonchev–Trinajstić information content (AvgIpc) is 2.78. The van der Waals surface area contributed by atoms with Crippen molar-refractivity contribution in [3.63, 3.8) is 0 Å². The molecule has 1 fully saturated rings. The molecule has 0 saturated carbocycles. The normalized spacial score (nSPS) is 23.3. The van der Waals surface area contributed by atoms with Crippen LogP contribution in [0, 0.1) is 23.4 Å². The van der Waals surface area contributed by atoms with Crippen LogP contribution in [0.1, 0.15) is 21.7 Å². The van der Waals surface area contributed by atoms with Gasteiger partial charge in [-0.2, -0.15) is 0 Å². The van der Waals surface area contributed by atoms with E-state index in [0.717, 1.165) is 4.90 Å². The Morgan fingerprint density at radius 1 is 1.29 bits per heavy atom. The third-order valence-corrected chi connectivity index (χ3v) is 5.73. The molecule has 1 aliphatic heterocycles. The Morgan fingerprint density at radius 2 is 2.03 bits per heavy atom. The summed E-state index contributed by atoms with van der Waals surface area (Å²) in [5, 5.41) is 11.7. The smallest absolute Gasteiger partial charge is 0.227 e. The zero-order chi connectivity index (χ0) is 25.3. The fraction of sp³-hybridized carbons (Fsp3) is 0.435. The van der Waals surface area contributed by atoms with Crippen LogP contribution in [0.2, 0.25) is 0 Å². The molecule has 1 heterocycles. The van der Waals surface area contributed by atoms with Crippen LogP contribution in [-0.4, -0.2) is 61.6 Å². The van der Waals surface area contributed by atoms with Crippen molar-refractivity contribution in [3.8, 4) is 5.75 Å². The van der Waals surface area contributed by atoms with Gasteiger partial charge in [-0.1, -0.05) is 12.1 Å². The molecule has 1 saturated heterocycles. The van der Waals surface area contributed by atoms with Crippen molar-refractivity contribution in [1.29, 1.82) is 0 Å². The van der Waals surface area contributed by atoms with Gasteiger partial charge >= 0.3 is 0 Å². The Balaban J connectivity index is 1.87. The van der Waals surface area contributed by atoms with Crippen LogP contribution in [0.15, 0.2) is 36.4 Å². The summed E-state index contributed by atoms with van der Waals surface area (Å²) in [6.45, 7) is -2.39. The fourth-order valence-electron chi connectivity index (χ4n) is 4.03. The summed E-state index contributed by atoms with van der Waals surface area (Å²) in [7, 11) is 2.89. The van der Waals surface area contributed by atoms with Gasteiger partial charge < -0.3 is 19.6 Å². The van der Waals surface area contributed by atoms with Crippen LogP contribution < -0.4 is 4.74 Å². The standard InChI is InChI=1S/C23H27F3N2O3/c1-27(2)13-17-14-28(22(29)10-15-9-20(25)21(26)12-19(15)24)8-7-23(17,30)16-5-4-6-18(11-16)31-3/h4-6,9,11-12,17,30H,7-8,10,13-14H2,1-3H3/i1D3. The average molecular weight is 439 g/mol. The number of halogens is 3. The molecule has 2 unspecified atom stereocenters. The number of amides is 1. The minimum atomic E-state index is -2.42. The minimum Gasteiger partial charge on any atom is -0.497 e. The summed E-state index contributed by atoms with van der Waals surface area (Å²) >= 11 is 0. The number of methoxy groups -OCH3 is 1. The minimum absolute atomic E-state index is 0.0156. The number of rotatable bonds is 6. The van der Waals surface area contributed by atoms with E-state index in [-0.39, 0.29) is 31.6 Å². The first-order valence-corrected chi connectivity index (χ1v) is 9.84. The largest absolute Gasteiger partial charge is 0.497 e. The number of aliphatic hydroxyl groups is 1. The number of hydrogen-bond donors (Lipinski definition) is 1. The van der Waals surface area contributed by atoms with Crippen molar-refractivity contribution in [3.05, 3.63) is 65.0 Å². The van der Waals surface area contributed by atoms with Gasteiger partial charge in [-0.3, -0.25) is 4.79 Å². The topological polar surface area (TPSA) is 53.0 Å². The Bertz CT molecular complexity index is 1050. The Hall–Kier alpha value is -2.58. The second-order valence-corrected chi connectivity index (χ2v) is 7.86. The van der Waals surface area contributed by atoms with Crippen LogP contribution in [0.4, 0.5) is 13.2 Å². The van der Waals surface area contributed by atoms with Gasteiger partial charge in [-0.05, 0) is 44.2 Å². The molecule has 0 radical (unpaired) electrons. The van der Waals surface area contributed by atoms with Gasteiger partial charge in [-0.15, -0.1) is 0 Å². The number of carbonyl (C=O) groups excluding carboxylic acids is 1. The summed E-state index contributed by atoms with van der Waals surface area (Å²) in [4.78, 5) is 15.4. The van der Waals surface area contributed by atoms with Crippen molar-refractivity contribution < 1.29 is 31.9 Å². The van der Waals surface area contributed by atoms with E-state index < -0.39 is 48.3 Å². The highest BCUT2D eigenvalue weighted by molar-refractivity contribution is 5.79. The predicted molar refractivity (Wildman–Crippen MR) is 110 cm³/mol. The van der Waals surface area contributed by atoms with E-state index in [1.54, 1.807) is 24.3 Å². The molecule has 1 N–H and O–H groups in total. The molecule has 3 rings (SSSR count). The van der Waals surface area contributed by atoms with E-state index >= 15 is 0 Å². The van der Waals surface area contributed by atoms with E-state index in [2.05, 4.69) is 0 Å². The molecular weight excluding hydrogens is 409 g/mol. The molecule has 2 aromatic carbocycles. The summed E-state index contributed by atoms with van der Waals surface area (Å²) < 4.78 is 69.1. The van der Waals surface area contributed by atoms with Crippen molar-refractivity contribution in [2.45, 2.75) is 18.4 Å². The third-order valence-electron chi connectivity index (χ3n) is 5.73. The molecule has 0 spiro atoms. The summed E-state index contributed by atoms with van der Waals surface area (Å²) in [6.07, 6.45) is -0.409. The molecule has 5 nitrogen and oxygen atoms in total. The molecule has 8 heteroatoms. The maximum absolute atomic E-state index is 14.1. The molecule has 1 aliphatic rings. The van der Waals surface area contributed by atoms with Gasteiger partial charge in [-0.25, -0.2) is 13.2 Å². The van der Waals surface area contributed by atoms with Gasteiger partial charge in [0.05, 0.1) is 19.1 Å². The second-order valence-electron chi connectivity index (χ2n) is 7.86. The van der Waals surface area contributed by atoms with Crippen molar-refractivity contribution in [2.24, 2.45) is 5.92 Å². The van der Waals surface area contributed by atoms with E-state index in [9.17, 15) is 23.1 Å². The SMILES string of the molecule is [2H]C([2H])([2H])N(C)CC1CN(C(=O)Cc2cc(F)c(F)cc2F)CCC1(O)c1cccc(OC)c1. The van der Waals surface area contributed by atoms with Gasteiger partial charge in [0, 0.05) is 41.3 Å². The monoisotopic (exact) mass is 439 g/mol. The summed E-state index contributed by atoms with van der Waals surface area (Å²) in [5.74, 6) is -4.37. The van der Waals surface area contributed by atoms with E-state index in [0.29, 0.717) is 23.4 Å². The zero-order valence-corrected chi connectivity index (χ0v) is 17.4. The predicted octanol–water partition coefficient (Wildman–Crippen LogP) is 2.95. The fourth-order valence-corrected chi connectivity index (χ4v) is 4.03. The third kappa shape index (κ3) is 5.02. The lowest BCUT2D eigenvalue weighted by molar-refractivity contribution is -0.141. The molecule has 31 heavy (non-hydrogen) atoms. The van der Waals surface area contributed by atoms with Gasteiger partial charge in [0.1, 0.15) is 11.6 Å². The maximum atomic E-state index is 14.1. The second kappa shape index (κ2) is 9.28. The Kier molecular flexibility index (Phi) is 5.73. The van der Waals surface area contributed by atoms with E-state index in [1.165, 1.54) is 19.1 Å². The number of hydrogen-bond acceptors (Lipinski definition) is 4. The molecule has 1 amide bonds. The molecular formula is C23H27F3N2O3. The number of nitrogens with zero attached hydrogens (tertiary/aromatic N) is 2. The van der Waals surface area contributed by atoms with E-state index in [4.69, 9.17) is 8.85 Å². The highest BCUT2D eigenvalue weighted by atomic mass is 19.2. The highest BCUT2D eigenvalue weighted by Crippen LogP contribution is 2.39. The van der Waals surface area contributed by atoms with Crippen LogP contribution in [0.25, 0.3) is 0 Å². The van der Waals surface area contributed by atoms with Crippen molar-refractivity contribution >= 4 is 5.91 Å². The maximum Gasteiger partial charge on any atom is 0.227 e. The lowest BCUT2D eigenvalue weighted by atomic mass is 9.75. The van der Waals surface area contributed by atoms with Crippen molar-refractivity contribution in [1.82, 2.24) is 9.80 Å². The van der Waals surface area contributed by atoms with Gasteiger partial charge in [0.25, 0.3) is 0 Å². The first-order valence-electron chi connectivity index (χ1n) is 11.3. The zero-order valence-electron chi connectivity index (χ0n) is 20.4. The quantitative estimate of drug-likeness (QED) is 0.704. The summed E-state index contributed by atoms with van der Waals surface area (Å²) in [6, 6.07) is 7.84. The number of piperidine rings is 1. The number of ether oxygens (including phenoxy) is 1.